The number of nitrogens with zero attached hydrogens (tertiary/aromatic N) is 1. The molecule has 0 aliphatic rings. The molecule has 172 valence electrons. The Balaban J connectivity index is 1.89. The molecule has 2 amide bonds. The van der Waals surface area contributed by atoms with E-state index < -0.39 is 11.9 Å². The molecule has 3 aromatic carbocycles. The van der Waals surface area contributed by atoms with Crippen LogP contribution < -0.4 is 5.32 Å². The van der Waals surface area contributed by atoms with Gasteiger partial charge in [0.25, 0.3) is 0 Å². The maximum atomic E-state index is 14.5. The van der Waals surface area contributed by atoms with E-state index in [-0.39, 0.29) is 24.1 Å². The number of benzene rings is 3. The topological polar surface area (TPSA) is 49.4 Å². The lowest BCUT2D eigenvalue weighted by Gasteiger charge is -2.31. The minimum absolute atomic E-state index is 0.0257. The quantitative estimate of drug-likeness (QED) is 0.403. The van der Waals surface area contributed by atoms with Gasteiger partial charge in [0.05, 0.1) is 5.75 Å². The molecule has 6 heteroatoms. The Labute approximate surface area is 199 Å². The average Bonchev–Trinajstić information content (AvgIpc) is 2.85. The summed E-state index contributed by atoms with van der Waals surface area (Å²) in [7, 11) is 0. The molecule has 0 aliphatic carbocycles. The number of hydrogen-bond acceptors (Lipinski definition) is 3. The first-order valence-electron chi connectivity index (χ1n) is 11.1. The van der Waals surface area contributed by atoms with Gasteiger partial charge in [0, 0.05) is 30.0 Å². The van der Waals surface area contributed by atoms with Gasteiger partial charge in [-0.25, -0.2) is 4.39 Å². The highest BCUT2D eigenvalue weighted by molar-refractivity contribution is 8.00. The van der Waals surface area contributed by atoms with Crippen molar-refractivity contribution in [2.75, 3.05) is 12.3 Å². The molecule has 0 saturated heterocycles. The molecule has 1 N–H and O–H groups in total. The third kappa shape index (κ3) is 7.46. The number of carbonyl (C=O) groups excluding carboxylic acids is 2. The van der Waals surface area contributed by atoms with Gasteiger partial charge in [0.1, 0.15) is 11.9 Å². The summed E-state index contributed by atoms with van der Waals surface area (Å²) in [6.07, 6.45) is 1.14. The van der Waals surface area contributed by atoms with E-state index in [1.807, 2.05) is 67.6 Å². The largest absolute Gasteiger partial charge is 0.354 e. The number of rotatable bonds is 11. The lowest BCUT2D eigenvalue weighted by molar-refractivity contribution is -0.139. The summed E-state index contributed by atoms with van der Waals surface area (Å²) < 4.78 is 14.5. The van der Waals surface area contributed by atoms with Crippen molar-refractivity contribution in [1.82, 2.24) is 10.2 Å². The van der Waals surface area contributed by atoms with E-state index in [1.54, 1.807) is 18.2 Å². The molecule has 0 heterocycles. The Hall–Kier alpha value is -3.12. The van der Waals surface area contributed by atoms with Gasteiger partial charge in [-0.05, 0) is 30.2 Å². The SMILES string of the molecule is CCCNC(=O)[C@H](Cc1ccccc1)N(Cc1ccccc1F)C(=O)CSc1ccccc1. The van der Waals surface area contributed by atoms with E-state index in [4.69, 9.17) is 0 Å². The average molecular weight is 465 g/mol. The molecule has 4 nitrogen and oxygen atoms in total. The van der Waals surface area contributed by atoms with Crippen molar-refractivity contribution in [3.05, 3.63) is 102 Å². The number of thioether (sulfide) groups is 1. The maximum absolute atomic E-state index is 14.5. The number of halogens is 1. The molecule has 0 spiro atoms. The fourth-order valence-electron chi connectivity index (χ4n) is 3.47. The smallest absolute Gasteiger partial charge is 0.243 e. The molecule has 0 aliphatic heterocycles. The summed E-state index contributed by atoms with van der Waals surface area (Å²) in [5.41, 5.74) is 1.33. The van der Waals surface area contributed by atoms with Crippen molar-refractivity contribution in [1.29, 1.82) is 0 Å². The van der Waals surface area contributed by atoms with E-state index in [2.05, 4.69) is 5.32 Å². The van der Waals surface area contributed by atoms with Crippen LogP contribution in [0.2, 0.25) is 0 Å². The standard InChI is InChI=1S/C27H29FN2O2S/c1-2-17-29-27(32)25(18-21-11-5-3-6-12-21)30(19-22-13-9-10-16-24(22)28)26(31)20-33-23-14-7-4-8-15-23/h3-16,25H,2,17-20H2,1H3,(H,29,32)/t25-/m0/s1. The monoisotopic (exact) mass is 464 g/mol. The summed E-state index contributed by atoms with van der Waals surface area (Å²) in [4.78, 5) is 29.1. The molecule has 0 saturated carbocycles. The van der Waals surface area contributed by atoms with Crippen LogP contribution in [-0.4, -0.2) is 35.1 Å². The third-order valence-electron chi connectivity index (χ3n) is 5.22. The van der Waals surface area contributed by atoms with E-state index in [0.29, 0.717) is 18.5 Å². The lowest BCUT2D eigenvalue weighted by Crippen LogP contribution is -2.51. The van der Waals surface area contributed by atoms with Gasteiger partial charge in [-0.15, -0.1) is 11.8 Å². The highest BCUT2D eigenvalue weighted by atomic mass is 32.2. The second kappa shape index (κ2) is 12.8. The zero-order valence-corrected chi connectivity index (χ0v) is 19.6. The van der Waals surface area contributed by atoms with Crippen LogP contribution in [0.5, 0.6) is 0 Å². The zero-order chi connectivity index (χ0) is 23.5. The van der Waals surface area contributed by atoms with E-state index in [0.717, 1.165) is 16.9 Å². The Morgan fingerprint density at radius 2 is 1.58 bits per heavy atom. The van der Waals surface area contributed by atoms with E-state index in [9.17, 15) is 14.0 Å². The molecule has 3 rings (SSSR count). The van der Waals surface area contributed by atoms with Crippen molar-refractivity contribution in [3.8, 4) is 0 Å². The van der Waals surface area contributed by atoms with Gasteiger partial charge < -0.3 is 10.2 Å². The van der Waals surface area contributed by atoms with Crippen LogP contribution in [0.1, 0.15) is 24.5 Å². The van der Waals surface area contributed by atoms with Crippen LogP contribution in [0.3, 0.4) is 0 Å². The Morgan fingerprint density at radius 3 is 2.24 bits per heavy atom. The summed E-state index contributed by atoms with van der Waals surface area (Å²) in [6, 6.07) is 24.9. The number of carbonyl (C=O) groups is 2. The van der Waals surface area contributed by atoms with Crippen LogP contribution in [0.15, 0.2) is 89.8 Å². The van der Waals surface area contributed by atoms with Gasteiger partial charge in [-0.2, -0.15) is 0 Å². The lowest BCUT2D eigenvalue weighted by atomic mass is 10.0. The summed E-state index contributed by atoms with van der Waals surface area (Å²) in [5.74, 6) is -0.668. The fourth-order valence-corrected chi connectivity index (χ4v) is 4.28. The van der Waals surface area contributed by atoms with E-state index in [1.165, 1.54) is 22.7 Å². The first-order valence-corrected chi connectivity index (χ1v) is 12.1. The van der Waals surface area contributed by atoms with Crippen molar-refractivity contribution >= 4 is 23.6 Å². The minimum atomic E-state index is -0.748. The van der Waals surface area contributed by atoms with Crippen molar-refractivity contribution < 1.29 is 14.0 Å². The van der Waals surface area contributed by atoms with Gasteiger partial charge in [0.2, 0.25) is 11.8 Å². The minimum Gasteiger partial charge on any atom is -0.354 e. The van der Waals surface area contributed by atoms with Gasteiger partial charge in [-0.1, -0.05) is 73.7 Å². The highest BCUT2D eigenvalue weighted by Crippen LogP contribution is 2.21. The first-order chi connectivity index (χ1) is 16.1. The van der Waals surface area contributed by atoms with Crippen molar-refractivity contribution in [2.45, 2.75) is 37.2 Å². The van der Waals surface area contributed by atoms with Gasteiger partial charge in [0.15, 0.2) is 0 Å². The zero-order valence-electron chi connectivity index (χ0n) is 18.7. The maximum Gasteiger partial charge on any atom is 0.243 e. The fraction of sp³-hybridized carbons (Fsp3) is 0.259. The van der Waals surface area contributed by atoms with Crippen LogP contribution in [-0.2, 0) is 22.6 Å². The predicted molar refractivity (Wildman–Crippen MR) is 131 cm³/mol. The summed E-state index contributed by atoms with van der Waals surface area (Å²) in [5, 5.41) is 2.93. The Bertz CT molecular complexity index is 1030. The third-order valence-corrected chi connectivity index (χ3v) is 6.22. The molecular weight excluding hydrogens is 435 g/mol. The normalized spacial score (nSPS) is 11.6. The van der Waals surface area contributed by atoms with E-state index >= 15 is 0 Å². The second-order valence-electron chi connectivity index (χ2n) is 7.71. The molecule has 1 atom stereocenters. The van der Waals surface area contributed by atoms with Crippen LogP contribution >= 0.6 is 11.8 Å². The number of amides is 2. The molecule has 0 fully saturated rings. The van der Waals surface area contributed by atoms with Gasteiger partial charge >= 0.3 is 0 Å². The number of hydrogen-bond donors (Lipinski definition) is 1. The Morgan fingerprint density at radius 1 is 0.939 bits per heavy atom. The van der Waals surface area contributed by atoms with Crippen LogP contribution in [0, 0.1) is 5.82 Å². The molecule has 3 aromatic rings. The van der Waals surface area contributed by atoms with Crippen LogP contribution in [0.25, 0.3) is 0 Å². The number of nitrogens with one attached hydrogen (secondary N) is 1. The molecule has 0 aromatic heterocycles. The first kappa shape index (κ1) is 24.5. The summed E-state index contributed by atoms with van der Waals surface area (Å²) >= 11 is 1.41. The van der Waals surface area contributed by atoms with Gasteiger partial charge in [-0.3, -0.25) is 9.59 Å². The summed E-state index contributed by atoms with van der Waals surface area (Å²) in [6.45, 7) is 2.52. The molecule has 0 unspecified atom stereocenters. The predicted octanol–water partition coefficient (Wildman–Crippen LogP) is 5.08. The molecule has 0 bridgehead atoms. The molecular formula is C27H29FN2O2S. The van der Waals surface area contributed by atoms with Crippen LogP contribution in [0.4, 0.5) is 4.39 Å². The second-order valence-corrected chi connectivity index (χ2v) is 8.76. The highest BCUT2D eigenvalue weighted by Gasteiger charge is 2.30. The molecule has 0 radical (unpaired) electrons. The van der Waals surface area contributed by atoms with Crippen molar-refractivity contribution in [2.24, 2.45) is 0 Å². The van der Waals surface area contributed by atoms with Crippen molar-refractivity contribution in [3.63, 3.8) is 0 Å². The Kier molecular flexibility index (Phi) is 9.51. The molecule has 33 heavy (non-hydrogen) atoms.